The van der Waals surface area contributed by atoms with E-state index >= 15 is 0 Å². The van der Waals surface area contributed by atoms with Gasteiger partial charge in [-0.05, 0) is 62.2 Å². The van der Waals surface area contributed by atoms with Crippen LogP contribution in [0.3, 0.4) is 0 Å². The summed E-state index contributed by atoms with van der Waals surface area (Å²) in [6.45, 7) is 4.10. The van der Waals surface area contributed by atoms with Crippen molar-refractivity contribution in [3.8, 4) is 0 Å². The third-order valence-electron chi connectivity index (χ3n) is 4.75. The van der Waals surface area contributed by atoms with Gasteiger partial charge in [0.2, 0.25) is 0 Å². The molecule has 4 saturated carbocycles. The fraction of sp³-hybridized carbons (Fsp3) is 1.00. The molecule has 2 atom stereocenters. The van der Waals surface area contributed by atoms with Gasteiger partial charge in [0.15, 0.2) is 0 Å². The van der Waals surface area contributed by atoms with Gasteiger partial charge < -0.3 is 4.74 Å². The maximum atomic E-state index is 5.69. The summed E-state index contributed by atoms with van der Waals surface area (Å²) in [5.74, 6) is 3.21. The predicted octanol–water partition coefficient (Wildman–Crippen LogP) is 2.85. The first-order chi connectivity index (χ1) is 6.32. The third-order valence-corrected chi connectivity index (χ3v) is 4.75. The molecule has 1 heteroatoms. The molecule has 0 radical (unpaired) electrons. The van der Waals surface area contributed by atoms with E-state index in [0.29, 0.717) is 5.41 Å². The molecule has 0 aromatic heterocycles. The second-order valence-electron chi connectivity index (χ2n) is 5.54. The molecule has 4 fully saturated rings. The highest BCUT2D eigenvalue weighted by atomic mass is 16.5. The molecule has 4 aliphatic rings. The van der Waals surface area contributed by atoms with Crippen LogP contribution >= 0.6 is 0 Å². The quantitative estimate of drug-likeness (QED) is 0.649. The van der Waals surface area contributed by atoms with Gasteiger partial charge in [-0.25, -0.2) is 0 Å². The molecule has 1 nitrogen and oxygen atoms in total. The minimum atomic E-state index is 0.656. The zero-order valence-electron chi connectivity index (χ0n) is 8.59. The normalized spacial score (nSPS) is 51.9. The van der Waals surface area contributed by atoms with Crippen molar-refractivity contribution in [3.05, 3.63) is 0 Å². The summed E-state index contributed by atoms with van der Waals surface area (Å²) in [5, 5.41) is 0. The van der Waals surface area contributed by atoms with Gasteiger partial charge in [-0.15, -0.1) is 0 Å². The molecule has 13 heavy (non-hydrogen) atoms. The largest absolute Gasteiger partial charge is 0.381 e. The van der Waals surface area contributed by atoms with E-state index in [1.165, 1.54) is 25.7 Å². The summed E-state index contributed by atoms with van der Waals surface area (Å²) >= 11 is 0. The minimum Gasteiger partial charge on any atom is -0.381 e. The highest BCUT2D eigenvalue weighted by molar-refractivity contribution is 5.07. The van der Waals surface area contributed by atoms with Crippen LogP contribution < -0.4 is 0 Å². The Morgan fingerprint density at radius 1 is 1.15 bits per heavy atom. The van der Waals surface area contributed by atoms with E-state index in [9.17, 15) is 0 Å². The van der Waals surface area contributed by atoms with Crippen LogP contribution in [0.25, 0.3) is 0 Å². The molecule has 0 aromatic carbocycles. The predicted molar refractivity (Wildman–Crippen MR) is 52.5 cm³/mol. The van der Waals surface area contributed by atoms with E-state index in [1.54, 1.807) is 6.42 Å². The van der Waals surface area contributed by atoms with Crippen LogP contribution in [0.15, 0.2) is 0 Å². The SMILES string of the molecule is CCOCC12CC3CC(CC1C3)C2. The monoisotopic (exact) mass is 180 g/mol. The zero-order chi connectivity index (χ0) is 8.89. The molecule has 0 saturated heterocycles. The van der Waals surface area contributed by atoms with Gasteiger partial charge in [-0.3, -0.25) is 0 Å². The van der Waals surface area contributed by atoms with Crippen LogP contribution in [0, 0.1) is 23.2 Å². The van der Waals surface area contributed by atoms with Gasteiger partial charge in [0.25, 0.3) is 0 Å². The maximum absolute atomic E-state index is 5.69. The second-order valence-corrected chi connectivity index (χ2v) is 5.54. The summed E-state index contributed by atoms with van der Waals surface area (Å²) in [7, 11) is 0. The van der Waals surface area contributed by atoms with Gasteiger partial charge in [-0.1, -0.05) is 0 Å². The Kier molecular flexibility index (Phi) is 1.74. The molecule has 4 rings (SSSR count). The lowest BCUT2D eigenvalue weighted by Crippen LogP contribution is -2.28. The Morgan fingerprint density at radius 2 is 1.85 bits per heavy atom. The van der Waals surface area contributed by atoms with E-state index in [2.05, 4.69) is 6.92 Å². The average Bonchev–Trinajstić information content (AvgIpc) is 2.49. The van der Waals surface area contributed by atoms with Gasteiger partial charge in [0.1, 0.15) is 0 Å². The van der Waals surface area contributed by atoms with E-state index in [-0.39, 0.29) is 0 Å². The number of hydrogen-bond donors (Lipinski definition) is 0. The zero-order valence-corrected chi connectivity index (χ0v) is 8.59. The van der Waals surface area contributed by atoms with Crippen LogP contribution in [0.2, 0.25) is 0 Å². The van der Waals surface area contributed by atoms with E-state index in [0.717, 1.165) is 31.0 Å². The molecule has 0 aliphatic heterocycles. The van der Waals surface area contributed by atoms with Gasteiger partial charge in [0, 0.05) is 6.61 Å². The Morgan fingerprint density at radius 3 is 2.46 bits per heavy atom. The highest BCUT2D eigenvalue weighted by Crippen LogP contribution is 2.65. The standard InChI is InChI=1S/C12H20O/c1-2-13-8-12-6-9-3-10(7-12)5-11(12)4-9/h9-11H,2-8H2,1H3. The van der Waals surface area contributed by atoms with Crippen molar-refractivity contribution < 1.29 is 4.74 Å². The Balaban J connectivity index is 1.77. The number of rotatable bonds is 3. The van der Waals surface area contributed by atoms with Gasteiger partial charge in [0.05, 0.1) is 6.61 Å². The third kappa shape index (κ3) is 1.09. The first-order valence-electron chi connectivity index (χ1n) is 5.90. The smallest absolute Gasteiger partial charge is 0.0525 e. The molecule has 0 amide bonds. The summed E-state index contributed by atoms with van der Waals surface area (Å²) in [4.78, 5) is 0. The molecule has 74 valence electrons. The fourth-order valence-electron chi connectivity index (χ4n) is 4.51. The van der Waals surface area contributed by atoms with Crippen LogP contribution in [0.5, 0.6) is 0 Å². The van der Waals surface area contributed by atoms with Crippen molar-refractivity contribution in [2.75, 3.05) is 13.2 Å². The van der Waals surface area contributed by atoms with Crippen molar-refractivity contribution in [2.45, 2.75) is 39.0 Å². The Hall–Kier alpha value is -0.0400. The molecule has 0 N–H and O–H groups in total. The molecule has 0 aromatic rings. The molecule has 0 spiro atoms. The summed E-state index contributed by atoms with van der Waals surface area (Å²) in [5.41, 5.74) is 0.656. The van der Waals surface area contributed by atoms with Gasteiger partial charge >= 0.3 is 0 Å². The maximum Gasteiger partial charge on any atom is 0.0525 e. The minimum absolute atomic E-state index is 0.656. The fourth-order valence-corrected chi connectivity index (χ4v) is 4.51. The molecular weight excluding hydrogens is 160 g/mol. The summed E-state index contributed by atoms with van der Waals surface area (Å²) in [6, 6.07) is 0. The molecule has 4 aliphatic carbocycles. The van der Waals surface area contributed by atoms with Crippen LogP contribution in [0.1, 0.15) is 39.0 Å². The van der Waals surface area contributed by atoms with Gasteiger partial charge in [-0.2, -0.15) is 0 Å². The van der Waals surface area contributed by atoms with Crippen LogP contribution in [0.4, 0.5) is 0 Å². The van der Waals surface area contributed by atoms with Crippen molar-refractivity contribution in [1.29, 1.82) is 0 Å². The lowest BCUT2D eigenvalue weighted by molar-refractivity contribution is 0.0301. The van der Waals surface area contributed by atoms with Crippen molar-refractivity contribution in [1.82, 2.24) is 0 Å². The lowest BCUT2D eigenvalue weighted by atomic mass is 9.76. The molecule has 4 bridgehead atoms. The van der Waals surface area contributed by atoms with Crippen molar-refractivity contribution >= 4 is 0 Å². The Bertz CT molecular complexity index is 197. The molecule has 0 heterocycles. The Labute approximate surface area is 80.8 Å². The van der Waals surface area contributed by atoms with Crippen LogP contribution in [-0.2, 0) is 4.74 Å². The summed E-state index contributed by atoms with van der Waals surface area (Å²) < 4.78 is 5.69. The first kappa shape index (κ1) is 8.28. The second kappa shape index (κ2) is 2.73. The average molecular weight is 180 g/mol. The van der Waals surface area contributed by atoms with E-state index < -0.39 is 0 Å². The van der Waals surface area contributed by atoms with E-state index in [4.69, 9.17) is 4.74 Å². The van der Waals surface area contributed by atoms with E-state index in [1.807, 2.05) is 0 Å². The molecular formula is C12H20O. The molecule has 2 unspecified atom stereocenters. The van der Waals surface area contributed by atoms with Crippen molar-refractivity contribution in [3.63, 3.8) is 0 Å². The van der Waals surface area contributed by atoms with Crippen LogP contribution in [-0.4, -0.2) is 13.2 Å². The number of ether oxygens (including phenoxy) is 1. The topological polar surface area (TPSA) is 9.23 Å². The highest BCUT2D eigenvalue weighted by Gasteiger charge is 2.57. The lowest BCUT2D eigenvalue weighted by Gasteiger charge is -2.32. The number of hydrogen-bond acceptors (Lipinski definition) is 1. The van der Waals surface area contributed by atoms with Crippen molar-refractivity contribution in [2.24, 2.45) is 23.2 Å². The summed E-state index contributed by atoms with van der Waals surface area (Å²) in [6.07, 6.45) is 7.60. The first-order valence-corrected chi connectivity index (χ1v) is 5.90.